The minimum Gasteiger partial charge on any atom is -0.497 e. The van der Waals surface area contributed by atoms with Gasteiger partial charge < -0.3 is 14.4 Å². The van der Waals surface area contributed by atoms with E-state index >= 15 is 0 Å². The number of likely N-dealkylation sites (tertiary alicyclic amines) is 1. The maximum Gasteiger partial charge on any atom is 0.356 e. The molecule has 0 bridgehead atoms. The zero-order valence-corrected chi connectivity index (χ0v) is 16.0. The summed E-state index contributed by atoms with van der Waals surface area (Å²) >= 11 is 0. The van der Waals surface area contributed by atoms with Crippen molar-refractivity contribution in [3.8, 4) is 5.75 Å². The molecule has 0 spiro atoms. The summed E-state index contributed by atoms with van der Waals surface area (Å²) in [6.07, 6.45) is 1.48. The van der Waals surface area contributed by atoms with Gasteiger partial charge in [0.25, 0.3) is 5.91 Å². The zero-order valence-electron chi connectivity index (χ0n) is 16.0. The average Bonchev–Trinajstić information content (AvgIpc) is 3.09. The van der Waals surface area contributed by atoms with Crippen molar-refractivity contribution < 1.29 is 19.1 Å². The lowest BCUT2D eigenvalue weighted by molar-refractivity contribution is 0.0498. The molecule has 2 heterocycles. The molecule has 0 aliphatic carbocycles. The SMILES string of the molecule is CCOC(=O)c1cc(C)nn1C1CCN(C(=O)c2cccc(OC)c2)CC1. The topological polar surface area (TPSA) is 73.7 Å². The molecule has 1 fully saturated rings. The van der Waals surface area contributed by atoms with Gasteiger partial charge in [-0.05, 0) is 51.0 Å². The number of hydrogen-bond acceptors (Lipinski definition) is 5. The molecule has 0 radical (unpaired) electrons. The van der Waals surface area contributed by atoms with Crippen LogP contribution in [-0.4, -0.2) is 53.4 Å². The second kappa shape index (κ2) is 8.24. The lowest BCUT2D eigenvalue weighted by Gasteiger charge is -2.32. The number of piperidine rings is 1. The van der Waals surface area contributed by atoms with Gasteiger partial charge in [0.15, 0.2) is 0 Å². The van der Waals surface area contributed by atoms with Gasteiger partial charge in [0, 0.05) is 18.7 Å². The first-order valence-electron chi connectivity index (χ1n) is 9.20. The molecule has 3 rings (SSSR count). The molecule has 1 amide bonds. The van der Waals surface area contributed by atoms with Crippen molar-refractivity contribution in [1.82, 2.24) is 14.7 Å². The van der Waals surface area contributed by atoms with E-state index in [2.05, 4.69) is 5.10 Å². The monoisotopic (exact) mass is 371 g/mol. The van der Waals surface area contributed by atoms with Crippen molar-refractivity contribution in [1.29, 1.82) is 0 Å². The lowest BCUT2D eigenvalue weighted by Crippen LogP contribution is -2.39. The van der Waals surface area contributed by atoms with E-state index in [0.717, 1.165) is 18.5 Å². The average molecular weight is 371 g/mol. The van der Waals surface area contributed by atoms with Gasteiger partial charge in [-0.25, -0.2) is 4.79 Å². The summed E-state index contributed by atoms with van der Waals surface area (Å²) in [5.74, 6) is 0.310. The fraction of sp³-hybridized carbons (Fsp3) is 0.450. The van der Waals surface area contributed by atoms with E-state index in [9.17, 15) is 9.59 Å². The summed E-state index contributed by atoms with van der Waals surface area (Å²) < 4.78 is 12.1. The molecule has 7 heteroatoms. The van der Waals surface area contributed by atoms with Crippen LogP contribution in [0.2, 0.25) is 0 Å². The first-order valence-corrected chi connectivity index (χ1v) is 9.20. The van der Waals surface area contributed by atoms with Gasteiger partial charge in [-0.2, -0.15) is 5.10 Å². The van der Waals surface area contributed by atoms with Crippen LogP contribution in [0.25, 0.3) is 0 Å². The van der Waals surface area contributed by atoms with Crippen LogP contribution >= 0.6 is 0 Å². The summed E-state index contributed by atoms with van der Waals surface area (Å²) in [5.41, 5.74) is 1.88. The summed E-state index contributed by atoms with van der Waals surface area (Å²) in [7, 11) is 1.59. The highest BCUT2D eigenvalue weighted by Gasteiger charge is 2.28. The predicted octanol–water partition coefficient (Wildman–Crippen LogP) is 2.85. The molecule has 1 aromatic heterocycles. The molecule has 0 atom stereocenters. The molecule has 144 valence electrons. The highest BCUT2D eigenvalue weighted by Crippen LogP contribution is 2.26. The van der Waals surface area contributed by atoms with Crippen molar-refractivity contribution >= 4 is 11.9 Å². The number of methoxy groups -OCH3 is 1. The molecule has 1 aliphatic rings. The number of benzene rings is 1. The number of hydrogen-bond donors (Lipinski definition) is 0. The number of carbonyl (C=O) groups is 2. The standard InChI is InChI=1S/C20H25N3O4/c1-4-27-20(25)18-12-14(2)21-23(18)16-8-10-22(11-9-16)19(24)15-6-5-7-17(13-15)26-3/h5-7,12-13,16H,4,8-11H2,1-3H3. The number of ether oxygens (including phenoxy) is 2. The second-order valence-electron chi connectivity index (χ2n) is 6.59. The number of aromatic nitrogens is 2. The van der Waals surface area contributed by atoms with E-state index in [0.29, 0.717) is 36.7 Å². The number of aryl methyl sites for hydroxylation is 1. The first kappa shape index (κ1) is 18.9. The number of carbonyl (C=O) groups excluding carboxylic acids is 2. The fourth-order valence-corrected chi connectivity index (χ4v) is 3.40. The van der Waals surface area contributed by atoms with E-state index in [-0.39, 0.29) is 17.9 Å². The number of esters is 1. The summed E-state index contributed by atoms with van der Waals surface area (Å²) in [4.78, 5) is 26.8. The molecule has 0 saturated carbocycles. The maximum atomic E-state index is 12.7. The summed E-state index contributed by atoms with van der Waals surface area (Å²) in [6, 6.07) is 9.02. The van der Waals surface area contributed by atoms with Crippen LogP contribution in [0.3, 0.4) is 0 Å². The van der Waals surface area contributed by atoms with Gasteiger partial charge in [-0.1, -0.05) is 6.07 Å². The van der Waals surface area contributed by atoms with Gasteiger partial charge in [0.2, 0.25) is 0 Å². The number of nitrogens with zero attached hydrogens (tertiary/aromatic N) is 3. The Kier molecular flexibility index (Phi) is 5.78. The van der Waals surface area contributed by atoms with E-state index in [1.807, 2.05) is 24.0 Å². The molecule has 0 N–H and O–H groups in total. The molecule has 7 nitrogen and oxygen atoms in total. The van der Waals surface area contributed by atoms with E-state index in [1.165, 1.54) is 0 Å². The number of rotatable bonds is 5. The Morgan fingerprint density at radius 2 is 1.96 bits per heavy atom. The van der Waals surface area contributed by atoms with Crippen LogP contribution in [0.15, 0.2) is 30.3 Å². The van der Waals surface area contributed by atoms with Crippen LogP contribution in [0.1, 0.15) is 52.3 Å². The van der Waals surface area contributed by atoms with Crippen LogP contribution in [0, 0.1) is 6.92 Å². The van der Waals surface area contributed by atoms with Crippen LogP contribution in [0.5, 0.6) is 5.75 Å². The molecule has 1 aromatic carbocycles. The highest BCUT2D eigenvalue weighted by atomic mass is 16.5. The van der Waals surface area contributed by atoms with Crippen LogP contribution < -0.4 is 4.74 Å². The lowest BCUT2D eigenvalue weighted by atomic mass is 10.0. The van der Waals surface area contributed by atoms with Crippen LogP contribution in [0.4, 0.5) is 0 Å². The summed E-state index contributed by atoms with van der Waals surface area (Å²) in [5, 5.41) is 4.48. The molecular weight excluding hydrogens is 346 g/mol. The highest BCUT2D eigenvalue weighted by molar-refractivity contribution is 5.94. The van der Waals surface area contributed by atoms with Crippen molar-refractivity contribution in [2.45, 2.75) is 32.7 Å². The van der Waals surface area contributed by atoms with Crippen molar-refractivity contribution in [3.63, 3.8) is 0 Å². The smallest absolute Gasteiger partial charge is 0.356 e. The molecule has 1 saturated heterocycles. The van der Waals surface area contributed by atoms with E-state index in [1.54, 1.807) is 36.9 Å². The van der Waals surface area contributed by atoms with E-state index < -0.39 is 0 Å². The van der Waals surface area contributed by atoms with Gasteiger partial charge in [-0.15, -0.1) is 0 Å². The van der Waals surface area contributed by atoms with Crippen molar-refractivity contribution in [2.24, 2.45) is 0 Å². The third-order valence-electron chi connectivity index (χ3n) is 4.76. The Labute approximate surface area is 158 Å². The van der Waals surface area contributed by atoms with Crippen LogP contribution in [-0.2, 0) is 4.74 Å². The zero-order chi connectivity index (χ0) is 19.4. The minimum absolute atomic E-state index is 0.00499. The Bertz CT molecular complexity index is 822. The van der Waals surface area contributed by atoms with Gasteiger partial charge >= 0.3 is 5.97 Å². The Balaban J connectivity index is 1.69. The van der Waals surface area contributed by atoms with Crippen molar-refractivity contribution in [2.75, 3.05) is 26.8 Å². The quantitative estimate of drug-likeness (QED) is 0.756. The van der Waals surface area contributed by atoms with Gasteiger partial charge in [0.05, 0.1) is 25.5 Å². The normalized spacial score (nSPS) is 14.9. The molecule has 1 aliphatic heterocycles. The molecule has 27 heavy (non-hydrogen) atoms. The fourth-order valence-electron chi connectivity index (χ4n) is 3.40. The Hall–Kier alpha value is -2.83. The second-order valence-corrected chi connectivity index (χ2v) is 6.59. The largest absolute Gasteiger partial charge is 0.497 e. The van der Waals surface area contributed by atoms with Gasteiger partial charge in [0.1, 0.15) is 11.4 Å². The maximum absolute atomic E-state index is 12.7. The first-order chi connectivity index (χ1) is 13.0. The van der Waals surface area contributed by atoms with E-state index in [4.69, 9.17) is 9.47 Å². The number of amides is 1. The molecule has 2 aromatic rings. The Morgan fingerprint density at radius 1 is 1.22 bits per heavy atom. The minimum atomic E-state index is -0.354. The predicted molar refractivity (Wildman–Crippen MR) is 100 cm³/mol. The third kappa shape index (κ3) is 4.13. The summed E-state index contributed by atoms with van der Waals surface area (Å²) in [6.45, 7) is 5.20. The third-order valence-corrected chi connectivity index (χ3v) is 4.76. The molecule has 0 unspecified atom stereocenters. The van der Waals surface area contributed by atoms with Gasteiger partial charge in [-0.3, -0.25) is 9.48 Å². The Morgan fingerprint density at radius 3 is 2.63 bits per heavy atom. The molecular formula is C20H25N3O4. The van der Waals surface area contributed by atoms with Crippen molar-refractivity contribution in [3.05, 3.63) is 47.3 Å².